The average Bonchev–Trinajstić information content (AvgIpc) is 2.74. The summed E-state index contributed by atoms with van der Waals surface area (Å²) in [5.74, 6) is 1.34. The second-order valence-corrected chi connectivity index (χ2v) is 4.33. The van der Waals surface area contributed by atoms with Gasteiger partial charge in [-0.1, -0.05) is 30.3 Å². The number of nitrogens with zero attached hydrogens (tertiary/aromatic N) is 2. The number of amidine groups is 1. The minimum Gasteiger partial charge on any atom is -0.351 e. The zero-order valence-electron chi connectivity index (χ0n) is 8.89. The van der Waals surface area contributed by atoms with Gasteiger partial charge in [-0.05, 0) is 18.4 Å². The first-order valence-corrected chi connectivity index (χ1v) is 5.80. The first-order valence-electron chi connectivity index (χ1n) is 5.80. The van der Waals surface area contributed by atoms with Crippen molar-refractivity contribution in [2.75, 3.05) is 13.1 Å². The summed E-state index contributed by atoms with van der Waals surface area (Å²) >= 11 is 0. The Balaban J connectivity index is 1.85. The van der Waals surface area contributed by atoms with Crippen molar-refractivity contribution in [3.8, 4) is 0 Å². The Morgan fingerprint density at radius 3 is 2.87 bits per heavy atom. The summed E-state index contributed by atoms with van der Waals surface area (Å²) in [5.41, 5.74) is 1.41. The third-order valence-electron chi connectivity index (χ3n) is 3.39. The van der Waals surface area contributed by atoms with Crippen molar-refractivity contribution >= 4 is 5.84 Å². The van der Waals surface area contributed by atoms with E-state index >= 15 is 0 Å². The van der Waals surface area contributed by atoms with Crippen LogP contribution in [-0.4, -0.2) is 23.8 Å². The zero-order valence-corrected chi connectivity index (χ0v) is 8.89. The molecule has 1 fully saturated rings. The van der Waals surface area contributed by atoms with E-state index in [1.165, 1.54) is 37.2 Å². The maximum Gasteiger partial charge on any atom is 0.0995 e. The molecule has 1 aromatic carbocycles. The second-order valence-electron chi connectivity index (χ2n) is 4.33. The predicted octanol–water partition coefficient (Wildman–Crippen LogP) is 2.63. The molecule has 0 saturated carbocycles. The van der Waals surface area contributed by atoms with Gasteiger partial charge in [0.25, 0.3) is 0 Å². The fourth-order valence-corrected chi connectivity index (χ4v) is 2.59. The van der Waals surface area contributed by atoms with E-state index in [0.29, 0.717) is 6.04 Å². The summed E-state index contributed by atoms with van der Waals surface area (Å²) in [4.78, 5) is 7.16. The minimum absolute atomic E-state index is 0.515. The lowest BCUT2D eigenvalue weighted by Gasteiger charge is -2.31. The molecule has 0 aliphatic carbocycles. The summed E-state index contributed by atoms with van der Waals surface area (Å²) in [7, 11) is 0. The van der Waals surface area contributed by atoms with Crippen LogP contribution in [0.2, 0.25) is 0 Å². The lowest BCUT2D eigenvalue weighted by atomic mass is 10.0. The van der Waals surface area contributed by atoms with Crippen LogP contribution in [0.25, 0.3) is 0 Å². The fraction of sp³-hybridized carbons (Fsp3) is 0.462. The molecule has 2 heterocycles. The molecule has 1 atom stereocenters. The molecule has 2 heteroatoms. The maximum atomic E-state index is 4.66. The van der Waals surface area contributed by atoms with Crippen LogP contribution in [0, 0.1) is 0 Å². The van der Waals surface area contributed by atoms with E-state index in [2.05, 4.69) is 40.2 Å². The van der Waals surface area contributed by atoms with Gasteiger partial charge >= 0.3 is 0 Å². The highest BCUT2D eigenvalue weighted by atomic mass is 15.3. The van der Waals surface area contributed by atoms with E-state index in [-0.39, 0.29) is 0 Å². The molecule has 0 amide bonds. The number of rotatable bonds is 1. The first kappa shape index (κ1) is 8.96. The number of fused-ring (bicyclic) bond motifs is 1. The first-order chi connectivity index (χ1) is 7.45. The van der Waals surface area contributed by atoms with E-state index in [1.807, 2.05) is 0 Å². The van der Waals surface area contributed by atoms with Crippen LogP contribution in [0.5, 0.6) is 0 Å². The Hall–Kier alpha value is -1.31. The molecule has 0 bridgehead atoms. The van der Waals surface area contributed by atoms with E-state index in [1.54, 1.807) is 0 Å². The molecule has 3 rings (SSSR count). The normalized spacial score (nSPS) is 24.9. The Morgan fingerprint density at radius 2 is 2.00 bits per heavy atom. The number of hydrogen-bond acceptors (Lipinski definition) is 2. The van der Waals surface area contributed by atoms with Crippen LogP contribution >= 0.6 is 0 Å². The smallest absolute Gasteiger partial charge is 0.0995 e. The molecule has 78 valence electrons. The Bertz CT molecular complexity index is 369. The van der Waals surface area contributed by atoms with Crippen LogP contribution in [0.4, 0.5) is 0 Å². The van der Waals surface area contributed by atoms with Crippen LogP contribution in [0.3, 0.4) is 0 Å². The summed E-state index contributed by atoms with van der Waals surface area (Å²) in [6.45, 7) is 2.15. The van der Waals surface area contributed by atoms with E-state index < -0.39 is 0 Å². The molecule has 1 aromatic rings. The summed E-state index contributed by atoms with van der Waals surface area (Å²) < 4.78 is 0. The number of aliphatic imine (C=N–C) groups is 1. The molecule has 1 unspecified atom stereocenters. The topological polar surface area (TPSA) is 15.6 Å². The minimum atomic E-state index is 0.515. The molecule has 2 aliphatic heterocycles. The third-order valence-corrected chi connectivity index (χ3v) is 3.39. The van der Waals surface area contributed by atoms with E-state index in [0.717, 1.165) is 6.54 Å². The Labute approximate surface area is 90.6 Å². The third kappa shape index (κ3) is 1.54. The fourth-order valence-electron chi connectivity index (χ4n) is 2.59. The molecule has 0 radical (unpaired) electrons. The summed E-state index contributed by atoms with van der Waals surface area (Å²) in [6, 6.07) is 11.3. The van der Waals surface area contributed by atoms with Gasteiger partial charge < -0.3 is 4.90 Å². The van der Waals surface area contributed by atoms with Crippen molar-refractivity contribution in [1.29, 1.82) is 0 Å². The second kappa shape index (κ2) is 3.69. The van der Waals surface area contributed by atoms with Crippen molar-refractivity contribution in [3.05, 3.63) is 35.9 Å². The van der Waals surface area contributed by atoms with E-state index in [9.17, 15) is 0 Å². The number of benzene rings is 1. The molecule has 0 aromatic heterocycles. The molecule has 1 saturated heterocycles. The van der Waals surface area contributed by atoms with Gasteiger partial charge in [0.15, 0.2) is 0 Å². The van der Waals surface area contributed by atoms with Gasteiger partial charge in [-0.15, -0.1) is 0 Å². The van der Waals surface area contributed by atoms with Crippen molar-refractivity contribution < 1.29 is 0 Å². The van der Waals surface area contributed by atoms with Crippen LogP contribution < -0.4 is 0 Å². The maximum absolute atomic E-state index is 4.66. The highest BCUT2D eigenvalue weighted by Crippen LogP contribution is 2.30. The van der Waals surface area contributed by atoms with Crippen LogP contribution in [-0.2, 0) is 0 Å². The molecular formula is C13H16N2. The lowest BCUT2D eigenvalue weighted by Crippen LogP contribution is -2.34. The number of piperidine rings is 1. The van der Waals surface area contributed by atoms with Crippen LogP contribution in [0.15, 0.2) is 35.3 Å². The van der Waals surface area contributed by atoms with Gasteiger partial charge in [0, 0.05) is 13.0 Å². The monoisotopic (exact) mass is 200 g/mol. The highest BCUT2D eigenvalue weighted by Gasteiger charge is 2.29. The average molecular weight is 200 g/mol. The quantitative estimate of drug-likeness (QED) is 0.680. The Morgan fingerprint density at radius 1 is 1.13 bits per heavy atom. The lowest BCUT2D eigenvalue weighted by molar-refractivity contribution is 0.318. The summed E-state index contributed by atoms with van der Waals surface area (Å²) in [5, 5.41) is 0. The van der Waals surface area contributed by atoms with Crippen molar-refractivity contribution in [3.63, 3.8) is 0 Å². The van der Waals surface area contributed by atoms with Crippen molar-refractivity contribution in [1.82, 2.24) is 4.90 Å². The van der Waals surface area contributed by atoms with Crippen molar-refractivity contribution in [2.45, 2.75) is 25.3 Å². The van der Waals surface area contributed by atoms with Gasteiger partial charge in [0.2, 0.25) is 0 Å². The molecule has 2 aliphatic rings. The SMILES string of the molecule is c1ccc(C2CN=C3CCCCN32)cc1. The van der Waals surface area contributed by atoms with Gasteiger partial charge in [-0.2, -0.15) is 0 Å². The van der Waals surface area contributed by atoms with Gasteiger partial charge in [-0.25, -0.2) is 0 Å². The molecule has 15 heavy (non-hydrogen) atoms. The van der Waals surface area contributed by atoms with Crippen molar-refractivity contribution in [2.24, 2.45) is 4.99 Å². The number of hydrogen-bond donors (Lipinski definition) is 0. The molecule has 2 nitrogen and oxygen atoms in total. The molecule has 0 spiro atoms. The van der Waals surface area contributed by atoms with Crippen LogP contribution in [0.1, 0.15) is 30.9 Å². The van der Waals surface area contributed by atoms with Gasteiger partial charge in [-0.3, -0.25) is 4.99 Å². The molecule has 0 N–H and O–H groups in total. The highest BCUT2D eigenvalue weighted by molar-refractivity contribution is 5.85. The molecular weight excluding hydrogens is 184 g/mol. The standard InChI is InChI=1S/C13H16N2/c1-2-6-11(7-3-1)12-10-14-13-8-4-5-9-15(12)13/h1-3,6-7,12H,4-5,8-10H2. The van der Waals surface area contributed by atoms with Gasteiger partial charge in [0.1, 0.15) is 0 Å². The largest absolute Gasteiger partial charge is 0.351 e. The van der Waals surface area contributed by atoms with E-state index in [4.69, 9.17) is 0 Å². The zero-order chi connectivity index (χ0) is 10.1. The van der Waals surface area contributed by atoms with Gasteiger partial charge in [0.05, 0.1) is 18.4 Å². The predicted molar refractivity (Wildman–Crippen MR) is 62.0 cm³/mol. The summed E-state index contributed by atoms with van der Waals surface area (Å²) in [6.07, 6.45) is 3.82. The Kier molecular flexibility index (Phi) is 2.20.